The summed E-state index contributed by atoms with van der Waals surface area (Å²) in [5, 5.41) is 3.03. The van der Waals surface area contributed by atoms with E-state index in [1.165, 1.54) is 6.07 Å². The van der Waals surface area contributed by atoms with E-state index < -0.39 is 5.51 Å². The zero-order valence-electron chi connectivity index (χ0n) is 9.50. The molecule has 2 rings (SSSR count). The fourth-order valence-corrected chi connectivity index (χ4v) is 3.52. The molecule has 0 spiro atoms. The smallest absolute Gasteiger partial charge is 0.379 e. The number of rotatable bonds is 4. The third-order valence-corrected chi connectivity index (χ3v) is 4.63. The van der Waals surface area contributed by atoms with Gasteiger partial charge < -0.3 is 5.32 Å². The number of benzene rings is 1. The van der Waals surface area contributed by atoms with Crippen molar-refractivity contribution in [3.63, 3.8) is 0 Å². The Labute approximate surface area is 125 Å². The third-order valence-electron chi connectivity index (χ3n) is 2.19. The van der Waals surface area contributed by atoms with Crippen molar-refractivity contribution < 1.29 is 13.2 Å². The lowest BCUT2D eigenvalue weighted by atomic mass is 10.3. The summed E-state index contributed by atoms with van der Waals surface area (Å²) in [5.74, 6) is 0. The van der Waals surface area contributed by atoms with Crippen LogP contribution in [-0.2, 0) is 6.54 Å². The van der Waals surface area contributed by atoms with E-state index in [1.54, 1.807) is 29.5 Å². The van der Waals surface area contributed by atoms with E-state index in [1.807, 2.05) is 12.1 Å². The minimum Gasteiger partial charge on any atom is -0.379 e. The number of para-hydroxylation sites is 1. The first-order chi connectivity index (χ1) is 8.94. The molecule has 0 aliphatic rings. The Morgan fingerprint density at radius 3 is 2.53 bits per heavy atom. The van der Waals surface area contributed by atoms with Gasteiger partial charge in [-0.05, 0) is 52.0 Å². The Morgan fingerprint density at radius 1 is 1.16 bits per heavy atom. The molecule has 0 atom stereocenters. The average Bonchev–Trinajstić information content (AvgIpc) is 2.72. The third kappa shape index (κ3) is 4.74. The van der Waals surface area contributed by atoms with Gasteiger partial charge in [-0.3, -0.25) is 0 Å². The van der Waals surface area contributed by atoms with Gasteiger partial charge >= 0.3 is 5.51 Å². The molecule has 0 unspecified atom stereocenters. The normalized spacial score (nSPS) is 11.6. The topological polar surface area (TPSA) is 12.0 Å². The average molecular weight is 368 g/mol. The molecule has 1 nitrogen and oxygen atoms in total. The Balaban J connectivity index is 2.07. The Hall–Kier alpha value is -0.660. The number of hydrogen-bond acceptors (Lipinski definition) is 3. The van der Waals surface area contributed by atoms with Crippen molar-refractivity contribution in [1.29, 1.82) is 0 Å². The molecule has 1 aromatic heterocycles. The molecule has 0 aliphatic heterocycles. The Morgan fingerprint density at radius 2 is 1.89 bits per heavy atom. The molecule has 0 amide bonds. The van der Waals surface area contributed by atoms with Gasteiger partial charge in [-0.1, -0.05) is 12.1 Å². The number of alkyl halides is 3. The van der Waals surface area contributed by atoms with Crippen LogP contribution in [-0.4, -0.2) is 5.51 Å². The summed E-state index contributed by atoms with van der Waals surface area (Å²) >= 11 is 4.80. The lowest BCUT2D eigenvalue weighted by Crippen LogP contribution is -2.03. The first-order valence-electron chi connectivity index (χ1n) is 5.27. The van der Waals surface area contributed by atoms with Crippen molar-refractivity contribution in [3.05, 3.63) is 45.1 Å². The highest BCUT2D eigenvalue weighted by molar-refractivity contribution is 9.11. The highest BCUT2D eigenvalue weighted by atomic mass is 79.9. The molecular weight excluding hydrogens is 359 g/mol. The molecule has 1 N–H and O–H groups in total. The van der Waals surface area contributed by atoms with E-state index >= 15 is 0 Å². The lowest BCUT2D eigenvalue weighted by molar-refractivity contribution is -0.0327. The van der Waals surface area contributed by atoms with Crippen LogP contribution >= 0.6 is 39.0 Å². The van der Waals surface area contributed by atoms with Gasteiger partial charge in [-0.15, -0.1) is 11.3 Å². The molecule has 19 heavy (non-hydrogen) atoms. The molecule has 0 radical (unpaired) electrons. The second-order valence-electron chi connectivity index (χ2n) is 3.60. The van der Waals surface area contributed by atoms with E-state index in [2.05, 4.69) is 21.2 Å². The Bertz CT molecular complexity index is 554. The summed E-state index contributed by atoms with van der Waals surface area (Å²) in [7, 11) is 0. The van der Waals surface area contributed by atoms with Crippen molar-refractivity contribution in [3.8, 4) is 0 Å². The maximum absolute atomic E-state index is 12.4. The second kappa shape index (κ2) is 6.19. The summed E-state index contributed by atoms with van der Waals surface area (Å²) in [6.45, 7) is 0.506. The number of thiophene rings is 1. The molecule has 0 saturated carbocycles. The molecule has 1 aromatic carbocycles. The fourth-order valence-electron chi connectivity index (χ4n) is 1.46. The molecule has 0 aliphatic carbocycles. The summed E-state index contributed by atoms with van der Waals surface area (Å²) in [6.07, 6.45) is 0. The predicted molar refractivity (Wildman–Crippen MR) is 77.7 cm³/mol. The number of hydrogen-bond donors (Lipinski definition) is 1. The fraction of sp³-hybridized carbons (Fsp3) is 0.167. The van der Waals surface area contributed by atoms with E-state index in [-0.39, 0.29) is 16.7 Å². The highest BCUT2D eigenvalue weighted by Crippen LogP contribution is 2.40. The van der Waals surface area contributed by atoms with E-state index in [0.717, 1.165) is 8.66 Å². The van der Waals surface area contributed by atoms with Gasteiger partial charge in [-0.25, -0.2) is 0 Å². The van der Waals surface area contributed by atoms with Crippen molar-refractivity contribution >= 4 is 44.7 Å². The zero-order valence-corrected chi connectivity index (χ0v) is 12.7. The molecule has 7 heteroatoms. The van der Waals surface area contributed by atoms with Crippen LogP contribution in [0.4, 0.5) is 18.9 Å². The van der Waals surface area contributed by atoms with Gasteiger partial charge in [0.05, 0.1) is 3.79 Å². The molecular formula is C12H9BrF3NS2. The van der Waals surface area contributed by atoms with Crippen molar-refractivity contribution in [2.45, 2.75) is 16.9 Å². The zero-order chi connectivity index (χ0) is 13.9. The van der Waals surface area contributed by atoms with Gasteiger partial charge in [-0.2, -0.15) is 13.2 Å². The summed E-state index contributed by atoms with van der Waals surface area (Å²) in [4.78, 5) is 1.24. The van der Waals surface area contributed by atoms with Crippen LogP contribution in [0.25, 0.3) is 0 Å². The van der Waals surface area contributed by atoms with Crippen LogP contribution in [0.15, 0.2) is 45.1 Å². The number of halogens is 4. The first-order valence-corrected chi connectivity index (χ1v) is 7.69. The summed E-state index contributed by atoms with van der Waals surface area (Å²) in [5.41, 5.74) is -3.78. The monoisotopic (exact) mass is 367 g/mol. The van der Waals surface area contributed by atoms with Crippen LogP contribution in [0, 0.1) is 0 Å². The minimum absolute atomic E-state index is 0.101. The molecule has 0 fully saturated rings. The van der Waals surface area contributed by atoms with Crippen LogP contribution in [0.3, 0.4) is 0 Å². The van der Waals surface area contributed by atoms with E-state index in [0.29, 0.717) is 12.2 Å². The van der Waals surface area contributed by atoms with Gasteiger partial charge in [0, 0.05) is 22.0 Å². The second-order valence-corrected chi connectivity index (χ2v) is 7.26. The molecule has 102 valence electrons. The van der Waals surface area contributed by atoms with Crippen LogP contribution in [0.5, 0.6) is 0 Å². The first kappa shape index (κ1) is 14.7. The van der Waals surface area contributed by atoms with Crippen LogP contribution in [0.1, 0.15) is 4.88 Å². The van der Waals surface area contributed by atoms with Crippen molar-refractivity contribution in [2.75, 3.05) is 5.32 Å². The van der Waals surface area contributed by atoms with Gasteiger partial charge in [0.1, 0.15) is 0 Å². The summed E-state index contributed by atoms with van der Waals surface area (Å²) < 4.78 is 38.3. The minimum atomic E-state index is -4.27. The standard InChI is InChI=1S/C12H9BrF3NS2/c13-11-6-5-8(18-11)7-17-9-3-1-2-4-10(9)19-12(14,15)16/h1-6,17H,7H2. The largest absolute Gasteiger partial charge is 0.446 e. The maximum atomic E-state index is 12.4. The predicted octanol–water partition coefficient (Wildman–Crippen LogP) is 5.73. The summed E-state index contributed by atoms with van der Waals surface area (Å²) in [6, 6.07) is 10.3. The molecule has 0 bridgehead atoms. The maximum Gasteiger partial charge on any atom is 0.446 e. The van der Waals surface area contributed by atoms with E-state index in [9.17, 15) is 13.2 Å². The Kier molecular flexibility index (Phi) is 4.81. The highest BCUT2D eigenvalue weighted by Gasteiger charge is 2.30. The van der Waals surface area contributed by atoms with Crippen LogP contribution < -0.4 is 5.32 Å². The van der Waals surface area contributed by atoms with Crippen LogP contribution in [0.2, 0.25) is 0 Å². The van der Waals surface area contributed by atoms with Crippen molar-refractivity contribution in [1.82, 2.24) is 0 Å². The number of nitrogens with one attached hydrogen (secondary N) is 1. The SMILES string of the molecule is FC(F)(F)Sc1ccccc1NCc1ccc(Br)s1. The molecule has 1 heterocycles. The van der Waals surface area contributed by atoms with Gasteiger partial charge in [0.2, 0.25) is 0 Å². The number of anilines is 1. The van der Waals surface area contributed by atoms with E-state index in [4.69, 9.17) is 0 Å². The molecule has 2 aromatic rings. The number of thioether (sulfide) groups is 1. The van der Waals surface area contributed by atoms with Gasteiger partial charge in [0.15, 0.2) is 0 Å². The quantitative estimate of drug-likeness (QED) is 0.692. The lowest BCUT2D eigenvalue weighted by Gasteiger charge is -2.12. The molecule has 0 saturated heterocycles. The van der Waals surface area contributed by atoms with Gasteiger partial charge in [0.25, 0.3) is 0 Å². The van der Waals surface area contributed by atoms with Crippen molar-refractivity contribution in [2.24, 2.45) is 0 Å².